The fourth-order valence-electron chi connectivity index (χ4n) is 1.50. The molecule has 5 nitrogen and oxygen atoms in total. The van der Waals surface area contributed by atoms with Crippen LogP contribution >= 0.6 is 0 Å². The molecule has 0 unspecified atom stereocenters. The number of benzene rings is 1. The van der Waals surface area contributed by atoms with Gasteiger partial charge in [-0.2, -0.15) is 5.10 Å². The first-order valence-corrected chi connectivity index (χ1v) is 6.05. The van der Waals surface area contributed by atoms with E-state index in [1.807, 2.05) is 6.07 Å². The SMILES string of the molecule is CC(C)(C)c1cc(NC(=O)Oc2ccccc2)[nH]n1. The number of nitrogens with zero attached hydrogens (tertiary/aromatic N) is 1. The maximum absolute atomic E-state index is 11.7. The molecule has 0 saturated heterocycles. The first-order chi connectivity index (χ1) is 8.95. The molecule has 0 aliphatic carbocycles. The van der Waals surface area contributed by atoms with E-state index in [-0.39, 0.29) is 5.41 Å². The lowest BCUT2D eigenvalue weighted by Gasteiger charge is -2.13. The highest BCUT2D eigenvalue weighted by Crippen LogP contribution is 2.22. The fraction of sp³-hybridized carbons (Fsp3) is 0.286. The molecule has 0 radical (unpaired) electrons. The predicted molar refractivity (Wildman–Crippen MR) is 73.4 cm³/mol. The summed E-state index contributed by atoms with van der Waals surface area (Å²) >= 11 is 0. The molecular weight excluding hydrogens is 242 g/mol. The summed E-state index contributed by atoms with van der Waals surface area (Å²) in [5, 5.41) is 9.52. The number of rotatable bonds is 2. The van der Waals surface area contributed by atoms with Crippen molar-refractivity contribution in [3.8, 4) is 5.75 Å². The Morgan fingerprint density at radius 2 is 1.95 bits per heavy atom. The van der Waals surface area contributed by atoms with E-state index in [1.54, 1.807) is 30.3 Å². The van der Waals surface area contributed by atoms with Crippen molar-refractivity contribution in [2.45, 2.75) is 26.2 Å². The number of carbonyl (C=O) groups is 1. The number of hydrogen-bond donors (Lipinski definition) is 2. The molecule has 100 valence electrons. The topological polar surface area (TPSA) is 67.0 Å². The molecule has 2 N–H and O–H groups in total. The van der Waals surface area contributed by atoms with Gasteiger partial charge in [0.05, 0.1) is 5.69 Å². The van der Waals surface area contributed by atoms with Gasteiger partial charge >= 0.3 is 6.09 Å². The van der Waals surface area contributed by atoms with Gasteiger partial charge in [-0.05, 0) is 12.1 Å². The van der Waals surface area contributed by atoms with E-state index in [2.05, 4.69) is 36.3 Å². The number of carbonyl (C=O) groups excluding carboxylic acids is 1. The van der Waals surface area contributed by atoms with Crippen molar-refractivity contribution in [3.63, 3.8) is 0 Å². The van der Waals surface area contributed by atoms with Gasteiger partial charge in [0.25, 0.3) is 0 Å². The van der Waals surface area contributed by atoms with Gasteiger partial charge in [-0.3, -0.25) is 10.4 Å². The predicted octanol–water partition coefficient (Wildman–Crippen LogP) is 3.32. The molecule has 1 amide bonds. The van der Waals surface area contributed by atoms with Gasteiger partial charge in [0, 0.05) is 11.5 Å². The van der Waals surface area contributed by atoms with E-state index < -0.39 is 6.09 Å². The van der Waals surface area contributed by atoms with Crippen LogP contribution in [0.25, 0.3) is 0 Å². The Kier molecular flexibility index (Phi) is 3.55. The number of ether oxygens (including phenoxy) is 1. The standard InChI is InChI=1S/C14H17N3O2/c1-14(2,3)11-9-12(17-16-11)15-13(18)19-10-7-5-4-6-8-10/h4-9H,1-3H3,(H2,15,16,17,18). The molecule has 19 heavy (non-hydrogen) atoms. The average Bonchev–Trinajstić information content (AvgIpc) is 2.78. The summed E-state index contributed by atoms with van der Waals surface area (Å²) in [6, 6.07) is 10.7. The third-order valence-corrected chi connectivity index (χ3v) is 2.54. The number of hydrogen-bond acceptors (Lipinski definition) is 3. The molecule has 2 rings (SSSR count). The molecule has 0 aliphatic heterocycles. The highest BCUT2D eigenvalue weighted by atomic mass is 16.6. The van der Waals surface area contributed by atoms with Gasteiger partial charge in [0.1, 0.15) is 11.6 Å². The highest BCUT2D eigenvalue weighted by Gasteiger charge is 2.18. The summed E-state index contributed by atoms with van der Waals surface area (Å²) in [5.41, 5.74) is 0.808. The zero-order valence-corrected chi connectivity index (χ0v) is 11.2. The van der Waals surface area contributed by atoms with E-state index in [0.29, 0.717) is 11.6 Å². The zero-order valence-electron chi connectivity index (χ0n) is 11.2. The lowest BCUT2D eigenvalue weighted by Crippen LogP contribution is -2.16. The Bertz CT molecular complexity index is 556. The summed E-state index contributed by atoms with van der Waals surface area (Å²) in [4.78, 5) is 11.7. The molecule has 1 aromatic carbocycles. The third-order valence-electron chi connectivity index (χ3n) is 2.54. The van der Waals surface area contributed by atoms with Crippen molar-refractivity contribution >= 4 is 11.9 Å². The Balaban J connectivity index is 1.98. The van der Waals surface area contributed by atoms with Crippen LogP contribution in [0.2, 0.25) is 0 Å². The van der Waals surface area contributed by atoms with Crippen LogP contribution in [0.3, 0.4) is 0 Å². The van der Waals surface area contributed by atoms with Crippen molar-refractivity contribution in [1.82, 2.24) is 10.2 Å². The quantitative estimate of drug-likeness (QED) is 0.869. The van der Waals surface area contributed by atoms with Crippen LogP contribution in [0.4, 0.5) is 10.6 Å². The lowest BCUT2D eigenvalue weighted by molar-refractivity contribution is 0.215. The lowest BCUT2D eigenvalue weighted by atomic mass is 9.92. The second kappa shape index (κ2) is 5.14. The van der Waals surface area contributed by atoms with Crippen molar-refractivity contribution in [1.29, 1.82) is 0 Å². The van der Waals surface area contributed by atoms with Crippen molar-refractivity contribution < 1.29 is 9.53 Å². The molecule has 0 bridgehead atoms. The second-order valence-corrected chi connectivity index (χ2v) is 5.24. The molecule has 0 fully saturated rings. The minimum Gasteiger partial charge on any atom is -0.410 e. The first-order valence-electron chi connectivity index (χ1n) is 6.05. The van der Waals surface area contributed by atoms with Crippen molar-refractivity contribution in [2.24, 2.45) is 0 Å². The molecule has 1 heterocycles. The minimum absolute atomic E-state index is 0.0697. The van der Waals surface area contributed by atoms with Gasteiger partial charge in [0.2, 0.25) is 0 Å². The molecule has 0 atom stereocenters. The Labute approximate surface area is 112 Å². The summed E-state index contributed by atoms with van der Waals surface area (Å²) in [7, 11) is 0. The number of aromatic amines is 1. The zero-order chi connectivity index (χ0) is 13.9. The summed E-state index contributed by atoms with van der Waals surface area (Å²) in [6.45, 7) is 6.15. The van der Waals surface area contributed by atoms with Crippen LogP contribution < -0.4 is 10.1 Å². The number of aromatic nitrogens is 2. The fourth-order valence-corrected chi connectivity index (χ4v) is 1.50. The maximum Gasteiger partial charge on any atom is 0.418 e. The van der Waals surface area contributed by atoms with Crippen LogP contribution in [-0.4, -0.2) is 16.3 Å². The first kappa shape index (κ1) is 13.1. The molecule has 0 saturated carbocycles. The van der Waals surface area contributed by atoms with Crippen LogP contribution in [0.5, 0.6) is 5.75 Å². The summed E-state index contributed by atoms with van der Waals surface area (Å²) in [6.07, 6.45) is -0.546. The van der Waals surface area contributed by atoms with E-state index >= 15 is 0 Å². The maximum atomic E-state index is 11.7. The van der Waals surface area contributed by atoms with E-state index in [1.165, 1.54) is 0 Å². The van der Waals surface area contributed by atoms with Gasteiger partial charge in [-0.15, -0.1) is 0 Å². The normalized spacial score (nSPS) is 11.1. The van der Waals surface area contributed by atoms with Gasteiger partial charge in [-0.1, -0.05) is 39.0 Å². The number of amides is 1. The van der Waals surface area contributed by atoms with Crippen LogP contribution in [-0.2, 0) is 5.41 Å². The minimum atomic E-state index is -0.546. The van der Waals surface area contributed by atoms with Gasteiger partial charge < -0.3 is 4.74 Å². The smallest absolute Gasteiger partial charge is 0.410 e. The molecule has 1 aromatic heterocycles. The molecule has 2 aromatic rings. The van der Waals surface area contributed by atoms with E-state index in [9.17, 15) is 4.79 Å². The van der Waals surface area contributed by atoms with Gasteiger partial charge in [-0.25, -0.2) is 4.79 Å². The van der Waals surface area contributed by atoms with Crippen molar-refractivity contribution in [3.05, 3.63) is 42.1 Å². The number of anilines is 1. The van der Waals surface area contributed by atoms with Crippen LogP contribution in [0.15, 0.2) is 36.4 Å². The number of H-pyrrole nitrogens is 1. The Hall–Kier alpha value is -2.30. The second-order valence-electron chi connectivity index (χ2n) is 5.24. The van der Waals surface area contributed by atoms with E-state index in [4.69, 9.17) is 4.74 Å². The number of para-hydroxylation sites is 1. The monoisotopic (exact) mass is 259 g/mol. The van der Waals surface area contributed by atoms with Gasteiger partial charge in [0.15, 0.2) is 0 Å². The summed E-state index contributed by atoms with van der Waals surface area (Å²) in [5.74, 6) is 1.02. The highest BCUT2D eigenvalue weighted by molar-refractivity contribution is 5.85. The third kappa shape index (κ3) is 3.58. The molecular formula is C14H17N3O2. The van der Waals surface area contributed by atoms with Crippen LogP contribution in [0.1, 0.15) is 26.5 Å². The average molecular weight is 259 g/mol. The number of nitrogens with one attached hydrogen (secondary N) is 2. The molecule has 0 aliphatic rings. The Morgan fingerprint density at radius 1 is 1.26 bits per heavy atom. The van der Waals surface area contributed by atoms with Crippen LogP contribution in [0, 0.1) is 0 Å². The molecule has 5 heteroatoms. The Morgan fingerprint density at radius 3 is 2.53 bits per heavy atom. The van der Waals surface area contributed by atoms with E-state index in [0.717, 1.165) is 5.69 Å². The van der Waals surface area contributed by atoms with Crippen molar-refractivity contribution in [2.75, 3.05) is 5.32 Å². The molecule has 0 spiro atoms. The largest absolute Gasteiger partial charge is 0.418 e. The summed E-state index contributed by atoms with van der Waals surface area (Å²) < 4.78 is 5.12.